The van der Waals surface area contributed by atoms with Gasteiger partial charge in [0.05, 0.1) is 11.6 Å². The van der Waals surface area contributed by atoms with Crippen LogP contribution in [-0.4, -0.2) is 17.8 Å². The highest BCUT2D eigenvalue weighted by molar-refractivity contribution is 7.98. The van der Waals surface area contributed by atoms with Crippen LogP contribution in [0, 0.1) is 11.3 Å². The third-order valence-corrected chi connectivity index (χ3v) is 2.46. The van der Waals surface area contributed by atoms with E-state index in [1.165, 1.54) is 0 Å². The molecule has 14 heavy (non-hydrogen) atoms. The first-order chi connectivity index (χ1) is 6.77. The van der Waals surface area contributed by atoms with Gasteiger partial charge in [0.15, 0.2) is 5.78 Å². The molecular formula is C11H11NOS. The Hall–Kier alpha value is -1.27. The van der Waals surface area contributed by atoms with Crippen molar-refractivity contribution in [3.63, 3.8) is 0 Å². The van der Waals surface area contributed by atoms with Crippen molar-refractivity contribution < 1.29 is 4.79 Å². The van der Waals surface area contributed by atoms with Crippen molar-refractivity contribution in [2.75, 3.05) is 12.0 Å². The number of nitriles is 1. The van der Waals surface area contributed by atoms with Crippen LogP contribution < -0.4 is 0 Å². The van der Waals surface area contributed by atoms with Crippen LogP contribution in [0.15, 0.2) is 24.3 Å². The highest BCUT2D eigenvalue weighted by Gasteiger charge is 2.05. The van der Waals surface area contributed by atoms with Gasteiger partial charge in [-0.05, 0) is 18.4 Å². The standard InChI is InChI=1S/C11H11NOS/c1-14-6-5-11(13)10-4-2-3-9(7-10)8-12/h2-4,7H,5-6H2,1H3. The molecule has 0 fully saturated rings. The lowest BCUT2D eigenvalue weighted by Gasteiger charge is -1.99. The lowest BCUT2D eigenvalue weighted by atomic mass is 10.1. The number of Topliss-reactive ketones (excluding diaryl/α,β-unsaturated/α-hetero) is 1. The van der Waals surface area contributed by atoms with Crippen molar-refractivity contribution in [1.82, 2.24) is 0 Å². The highest BCUT2D eigenvalue weighted by atomic mass is 32.2. The number of rotatable bonds is 4. The summed E-state index contributed by atoms with van der Waals surface area (Å²) in [5.74, 6) is 0.937. The Labute approximate surface area is 87.9 Å². The molecule has 0 aliphatic heterocycles. The lowest BCUT2D eigenvalue weighted by molar-refractivity contribution is 0.0989. The molecule has 0 bridgehead atoms. The number of hydrogen-bond acceptors (Lipinski definition) is 3. The highest BCUT2D eigenvalue weighted by Crippen LogP contribution is 2.08. The fraction of sp³-hybridized carbons (Fsp3) is 0.273. The molecule has 1 rings (SSSR count). The smallest absolute Gasteiger partial charge is 0.163 e. The number of nitrogens with zero attached hydrogens (tertiary/aromatic N) is 1. The zero-order valence-corrected chi connectivity index (χ0v) is 8.80. The third kappa shape index (κ3) is 2.90. The predicted molar refractivity (Wildman–Crippen MR) is 58.5 cm³/mol. The molecule has 1 aromatic rings. The number of carbonyl (C=O) groups is 1. The van der Waals surface area contributed by atoms with E-state index in [2.05, 4.69) is 0 Å². The molecule has 1 aromatic carbocycles. The van der Waals surface area contributed by atoms with Gasteiger partial charge < -0.3 is 0 Å². The number of ketones is 1. The summed E-state index contributed by atoms with van der Waals surface area (Å²) in [6.07, 6.45) is 2.51. The summed E-state index contributed by atoms with van der Waals surface area (Å²) in [5, 5.41) is 8.65. The summed E-state index contributed by atoms with van der Waals surface area (Å²) in [7, 11) is 0. The molecule has 0 atom stereocenters. The van der Waals surface area contributed by atoms with E-state index < -0.39 is 0 Å². The Kier molecular flexibility index (Phi) is 4.21. The van der Waals surface area contributed by atoms with Gasteiger partial charge in [0.2, 0.25) is 0 Å². The summed E-state index contributed by atoms with van der Waals surface area (Å²) in [6, 6.07) is 8.86. The van der Waals surface area contributed by atoms with E-state index in [4.69, 9.17) is 5.26 Å². The third-order valence-electron chi connectivity index (χ3n) is 1.85. The van der Waals surface area contributed by atoms with Crippen molar-refractivity contribution in [2.45, 2.75) is 6.42 Å². The Bertz CT molecular complexity index is 368. The lowest BCUT2D eigenvalue weighted by Crippen LogP contribution is -2.00. The molecule has 0 heterocycles. The van der Waals surface area contributed by atoms with Gasteiger partial charge in [-0.15, -0.1) is 0 Å². The van der Waals surface area contributed by atoms with Crippen LogP contribution in [0.5, 0.6) is 0 Å². The maximum Gasteiger partial charge on any atom is 0.163 e. The van der Waals surface area contributed by atoms with Crippen LogP contribution in [0.25, 0.3) is 0 Å². The van der Waals surface area contributed by atoms with E-state index in [0.717, 1.165) is 5.75 Å². The van der Waals surface area contributed by atoms with Crippen LogP contribution in [0.3, 0.4) is 0 Å². The molecule has 0 aliphatic carbocycles. The maximum atomic E-state index is 11.5. The fourth-order valence-electron chi connectivity index (χ4n) is 1.10. The average molecular weight is 205 g/mol. The fourth-order valence-corrected chi connectivity index (χ4v) is 1.49. The van der Waals surface area contributed by atoms with Gasteiger partial charge in [0, 0.05) is 17.7 Å². The first-order valence-corrected chi connectivity index (χ1v) is 5.69. The summed E-state index contributed by atoms with van der Waals surface area (Å²) >= 11 is 1.65. The van der Waals surface area contributed by atoms with Gasteiger partial charge >= 0.3 is 0 Å². The molecule has 0 aliphatic rings. The maximum absolute atomic E-state index is 11.5. The van der Waals surface area contributed by atoms with E-state index in [1.807, 2.05) is 12.3 Å². The first-order valence-electron chi connectivity index (χ1n) is 4.30. The minimum absolute atomic E-state index is 0.108. The molecule has 2 nitrogen and oxygen atoms in total. The van der Waals surface area contributed by atoms with Gasteiger partial charge in [-0.3, -0.25) is 4.79 Å². The summed E-state index contributed by atoms with van der Waals surface area (Å²) in [4.78, 5) is 11.5. The number of carbonyl (C=O) groups excluding carboxylic acids is 1. The van der Waals surface area contributed by atoms with Crippen molar-refractivity contribution in [3.8, 4) is 6.07 Å². The molecule has 0 radical (unpaired) electrons. The van der Waals surface area contributed by atoms with Gasteiger partial charge in [0.1, 0.15) is 0 Å². The predicted octanol–water partition coefficient (Wildman–Crippen LogP) is 2.49. The van der Waals surface area contributed by atoms with Gasteiger partial charge in [-0.25, -0.2) is 0 Å². The van der Waals surface area contributed by atoms with Gasteiger partial charge in [-0.2, -0.15) is 17.0 Å². The monoisotopic (exact) mass is 205 g/mol. The Balaban J connectivity index is 2.75. The molecule has 0 saturated heterocycles. The number of thioether (sulfide) groups is 1. The van der Waals surface area contributed by atoms with E-state index >= 15 is 0 Å². The van der Waals surface area contributed by atoms with E-state index in [1.54, 1.807) is 36.0 Å². The minimum Gasteiger partial charge on any atom is -0.294 e. The Morgan fingerprint density at radius 2 is 2.36 bits per heavy atom. The first kappa shape index (κ1) is 10.8. The SMILES string of the molecule is CSCCC(=O)c1cccc(C#N)c1. The van der Waals surface area contributed by atoms with Crippen LogP contribution in [0.4, 0.5) is 0 Å². The van der Waals surface area contributed by atoms with Crippen LogP contribution >= 0.6 is 11.8 Å². The summed E-state index contributed by atoms with van der Waals surface area (Å²) in [5.41, 5.74) is 1.18. The van der Waals surface area contributed by atoms with Crippen LogP contribution in [-0.2, 0) is 0 Å². The largest absolute Gasteiger partial charge is 0.294 e. The zero-order valence-electron chi connectivity index (χ0n) is 7.99. The van der Waals surface area contributed by atoms with E-state index in [9.17, 15) is 4.79 Å². The van der Waals surface area contributed by atoms with Crippen molar-refractivity contribution in [2.24, 2.45) is 0 Å². The van der Waals surface area contributed by atoms with Gasteiger partial charge in [0.25, 0.3) is 0 Å². The average Bonchev–Trinajstić information content (AvgIpc) is 2.26. The number of hydrogen-bond donors (Lipinski definition) is 0. The second kappa shape index (κ2) is 5.46. The topological polar surface area (TPSA) is 40.9 Å². The summed E-state index contributed by atoms with van der Waals surface area (Å²) < 4.78 is 0. The minimum atomic E-state index is 0.108. The van der Waals surface area contributed by atoms with Gasteiger partial charge in [-0.1, -0.05) is 12.1 Å². The molecule has 0 unspecified atom stereocenters. The van der Waals surface area contributed by atoms with Crippen molar-refractivity contribution in [1.29, 1.82) is 5.26 Å². The second-order valence-electron chi connectivity index (χ2n) is 2.86. The molecular weight excluding hydrogens is 194 g/mol. The normalized spacial score (nSPS) is 9.43. The van der Waals surface area contributed by atoms with E-state index in [-0.39, 0.29) is 5.78 Å². The molecule has 0 spiro atoms. The molecule has 0 aromatic heterocycles. The van der Waals surface area contributed by atoms with Crippen LogP contribution in [0.2, 0.25) is 0 Å². The molecule has 0 N–H and O–H groups in total. The number of benzene rings is 1. The summed E-state index contributed by atoms with van der Waals surface area (Å²) in [6.45, 7) is 0. The Morgan fingerprint density at radius 3 is 3.00 bits per heavy atom. The second-order valence-corrected chi connectivity index (χ2v) is 3.84. The molecule has 3 heteroatoms. The van der Waals surface area contributed by atoms with Crippen molar-refractivity contribution in [3.05, 3.63) is 35.4 Å². The zero-order chi connectivity index (χ0) is 10.4. The Morgan fingerprint density at radius 1 is 1.57 bits per heavy atom. The molecule has 0 amide bonds. The van der Waals surface area contributed by atoms with Crippen LogP contribution in [0.1, 0.15) is 22.3 Å². The molecule has 0 saturated carbocycles. The van der Waals surface area contributed by atoms with Crippen molar-refractivity contribution >= 4 is 17.5 Å². The molecule has 72 valence electrons. The quantitative estimate of drug-likeness (QED) is 0.709. The van der Waals surface area contributed by atoms with E-state index in [0.29, 0.717) is 17.5 Å².